The van der Waals surface area contributed by atoms with Crippen molar-refractivity contribution in [1.82, 2.24) is 4.90 Å². The Morgan fingerprint density at radius 2 is 1.67 bits per heavy atom. The molecular weight excluding hydrogens is 542 g/mol. The lowest BCUT2D eigenvalue weighted by molar-refractivity contribution is -0.122. The van der Waals surface area contributed by atoms with Gasteiger partial charge in [-0.25, -0.2) is 0 Å². The van der Waals surface area contributed by atoms with Gasteiger partial charge in [0.2, 0.25) is 0 Å². The largest absolute Gasteiger partial charge is 0.489 e. The van der Waals surface area contributed by atoms with Crippen LogP contribution in [0.3, 0.4) is 0 Å². The summed E-state index contributed by atoms with van der Waals surface area (Å²) in [5.74, 6) is 1.15. The van der Waals surface area contributed by atoms with E-state index in [1.54, 1.807) is 11.0 Å². The Bertz CT molecular complexity index is 1200. The van der Waals surface area contributed by atoms with E-state index in [-0.39, 0.29) is 5.91 Å². The van der Waals surface area contributed by atoms with E-state index >= 15 is 0 Å². The van der Waals surface area contributed by atoms with Crippen LogP contribution in [0.5, 0.6) is 11.5 Å². The number of benzene rings is 3. The average Bonchev–Trinajstić information content (AvgIpc) is 3.07. The number of rotatable bonds is 8. The molecule has 33 heavy (non-hydrogen) atoms. The maximum absolute atomic E-state index is 13.0. The van der Waals surface area contributed by atoms with Crippen LogP contribution in [0, 0.1) is 0 Å². The lowest BCUT2D eigenvalue weighted by atomic mass is 10.1. The van der Waals surface area contributed by atoms with Crippen molar-refractivity contribution in [3.8, 4) is 11.5 Å². The Hall–Kier alpha value is -2.32. The highest BCUT2D eigenvalue weighted by molar-refractivity contribution is 9.10. The van der Waals surface area contributed by atoms with Gasteiger partial charge in [0, 0.05) is 10.0 Å². The van der Waals surface area contributed by atoms with E-state index in [0.717, 1.165) is 15.6 Å². The van der Waals surface area contributed by atoms with Crippen molar-refractivity contribution in [2.75, 3.05) is 13.2 Å². The van der Waals surface area contributed by atoms with E-state index < -0.39 is 0 Å². The maximum atomic E-state index is 13.0. The molecule has 8 heteroatoms. The van der Waals surface area contributed by atoms with Crippen LogP contribution in [-0.2, 0) is 11.3 Å². The molecule has 4 rings (SSSR count). The summed E-state index contributed by atoms with van der Waals surface area (Å²) in [6, 6.07) is 22.8. The van der Waals surface area contributed by atoms with Gasteiger partial charge in [0.05, 0.1) is 16.5 Å². The van der Waals surface area contributed by atoms with Gasteiger partial charge >= 0.3 is 0 Å². The van der Waals surface area contributed by atoms with Crippen LogP contribution < -0.4 is 9.47 Å². The third-order valence-electron chi connectivity index (χ3n) is 4.75. The van der Waals surface area contributed by atoms with Gasteiger partial charge in [-0.1, -0.05) is 94.0 Å². The van der Waals surface area contributed by atoms with Gasteiger partial charge < -0.3 is 9.47 Å². The molecular formula is C25H19BrClNO3S2. The molecule has 0 N–H and O–H groups in total. The van der Waals surface area contributed by atoms with Crippen molar-refractivity contribution in [3.05, 3.63) is 98.3 Å². The minimum Gasteiger partial charge on any atom is -0.489 e. The van der Waals surface area contributed by atoms with Crippen molar-refractivity contribution in [2.24, 2.45) is 0 Å². The van der Waals surface area contributed by atoms with Crippen LogP contribution in [0.25, 0.3) is 6.08 Å². The lowest BCUT2D eigenvalue weighted by Gasteiger charge is -2.14. The van der Waals surface area contributed by atoms with E-state index in [9.17, 15) is 4.79 Å². The molecule has 1 aliphatic rings. The van der Waals surface area contributed by atoms with Gasteiger partial charge in [0.25, 0.3) is 5.91 Å². The van der Waals surface area contributed by atoms with Gasteiger partial charge in [-0.15, -0.1) is 0 Å². The SMILES string of the molecule is O=C1C(=Cc2cc(Br)ccc2OCCOc2ccccc2Cl)SC(=S)N1Cc1ccccc1. The van der Waals surface area contributed by atoms with E-state index in [4.69, 9.17) is 33.3 Å². The first-order valence-electron chi connectivity index (χ1n) is 10.1. The second kappa shape index (κ2) is 11.2. The monoisotopic (exact) mass is 559 g/mol. The number of carbonyl (C=O) groups excluding carboxylic acids is 1. The number of nitrogens with zero attached hydrogens (tertiary/aromatic N) is 1. The number of halogens is 2. The molecule has 1 heterocycles. The summed E-state index contributed by atoms with van der Waals surface area (Å²) in [6.45, 7) is 1.10. The number of carbonyl (C=O) groups is 1. The third-order valence-corrected chi connectivity index (χ3v) is 6.93. The van der Waals surface area contributed by atoms with E-state index in [1.165, 1.54) is 11.8 Å². The first-order valence-corrected chi connectivity index (χ1v) is 12.5. The Kier molecular flexibility index (Phi) is 8.09. The van der Waals surface area contributed by atoms with Crippen molar-refractivity contribution in [1.29, 1.82) is 0 Å². The van der Waals surface area contributed by atoms with Crippen LogP contribution >= 0.6 is 51.5 Å². The van der Waals surface area contributed by atoms with Crippen LogP contribution in [0.2, 0.25) is 5.02 Å². The molecule has 0 radical (unpaired) electrons. The second-order valence-corrected chi connectivity index (χ2v) is 10.1. The summed E-state index contributed by atoms with van der Waals surface area (Å²) in [5.41, 5.74) is 1.81. The molecule has 0 aromatic heterocycles. The Labute approximate surface area is 215 Å². The number of amides is 1. The fourth-order valence-electron chi connectivity index (χ4n) is 3.17. The number of ether oxygens (including phenoxy) is 2. The molecule has 1 amide bonds. The summed E-state index contributed by atoms with van der Waals surface area (Å²) in [7, 11) is 0. The molecule has 4 nitrogen and oxygen atoms in total. The molecule has 0 aliphatic carbocycles. The molecule has 3 aromatic carbocycles. The highest BCUT2D eigenvalue weighted by atomic mass is 79.9. The van der Waals surface area contributed by atoms with Gasteiger partial charge in [0.1, 0.15) is 29.0 Å². The zero-order chi connectivity index (χ0) is 23.2. The minimum absolute atomic E-state index is 0.109. The quantitative estimate of drug-likeness (QED) is 0.169. The Morgan fingerprint density at radius 1 is 0.970 bits per heavy atom. The summed E-state index contributed by atoms with van der Waals surface area (Å²) in [4.78, 5) is 15.2. The molecule has 0 saturated carbocycles. The number of thiocarbonyl (C=S) groups is 1. The Morgan fingerprint density at radius 3 is 2.42 bits per heavy atom. The standard InChI is InChI=1S/C25H19BrClNO3S2/c26-19-10-11-21(30-12-13-31-22-9-5-4-8-20(22)27)18(14-19)15-23-24(29)28(25(32)33-23)16-17-6-2-1-3-7-17/h1-11,14-15H,12-13,16H2. The zero-order valence-corrected chi connectivity index (χ0v) is 21.3. The summed E-state index contributed by atoms with van der Waals surface area (Å²) >= 11 is 16.4. The first-order chi connectivity index (χ1) is 16.0. The van der Waals surface area contributed by atoms with Crippen LogP contribution in [0.1, 0.15) is 11.1 Å². The van der Waals surface area contributed by atoms with Gasteiger partial charge in [0.15, 0.2) is 0 Å². The molecule has 168 valence electrons. The normalized spacial score (nSPS) is 14.7. The molecule has 0 atom stereocenters. The van der Waals surface area contributed by atoms with E-state index in [0.29, 0.717) is 45.5 Å². The smallest absolute Gasteiger partial charge is 0.266 e. The molecule has 1 fully saturated rings. The molecule has 3 aromatic rings. The van der Waals surface area contributed by atoms with Crippen molar-refractivity contribution in [3.63, 3.8) is 0 Å². The average molecular weight is 561 g/mol. The number of para-hydroxylation sites is 1. The summed E-state index contributed by atoms with van der Waals surface area (Å²) in [6.07, 6.45) is 1.82. The van der Waals surface area contributed by atoms with E-state index in [1.807, 2.05) is 72.8 Å². The number of hydrogen-bond donors (Lipinski definition) is 0. The van der Waals surface area contributed by atoms with Crippen molar-refractivity contribution >= 4 is 67.8 Å². The first kappa shape index (κ1) is 23.8. The topological polar surface area (TPSA) is 38.8 Å². The second-order valence-electron chi connectivity index (χ2n) is 7.06. The predicted molar refractivity (Wildman–Crippen MR) is 142 cm³/mol. The van der Waals surface area contributed by atoms with Crippen LogP contribution in [-0.4, -0.2) is 28.3 Å². The summed E-state index contributed by atoms with van der Waals surface area (Å²) in [5, 5.41) is 0.555. The zero-order valence-electron chi connectivity index (χ0n) is 17.4. The molecule has 1 saturated heterocycles. The molecule has 1 aliphatic heterocycles. The fraction of sp³-hybridized carbons (Fsp3) is 0.120. The van der Waals surface area contributed by atoms with Gasteiger partial charge in [-0.2, -0.15) is 0 Å². The van der Waals surface area contributed by atoms with Gasteiger partial charge in [-0.3, -0.25) is 9.69 Å². The fourth-order valence-corrected chi connectivity index (χ4v) is 4.99. The van der Waals surface area contributed by atoms with Crippen LogP contribution in [0.15, 0.2) is 82.2 Å². The number of hydrogen-bond acceptors (Lipinski definition) is 5. The predicted octanol–water partition coefficient (Wildman–Crippen LogP) is 6.96. The van der Waals surface area contributed by atoms with Gasteiger partial charge in [-0.05, 0) is 42.0 Å². The lowest BCUT2D eigenvalue weighted by Crippen LogP contribution is -2.27. The summed E-state index contributed by atoms with van der Waals surface area (Å²) < 4.78 is 13.1. The molecule has 0 bridgehead atoms. The van der Waals surface area contributed by atoms with Crippen molar-refractivity contribution in [2.45, 2.75) is 6.54 Å². The highest BCUT2D eigenvalue weighted by Crippen LogP contribution is 2.36. The number of thioether (sulfide) groups is 1. The maximum Gasteiger partial charge on any atom is 0.266 e. The third kappa shape index (κ3) is 6.18. The molecule has 0 spiro atoms. The molecule has 0 unspecified atom stereocenters. The van der Waals surface area contributed by atoms with Crippen molar-refractivity contribution < 1.29 is 14.3 Å². The van der Waals surface area contributed by atoms with Crippen LogP contribution in [0.4, 0.5) is 0 Å². The highest BCUT2D eigenvalue weighted by Gasteiger charge is 2.32. The minimum atomic E-state index is -0.109. The van der Waals surface area contributed by atoms with E-state index in [2.05, 4.69) is 15.9 Å². The Balaban J connectivity index is 1.45.